The third-order valence-electron chi connectivity index (χ3n) is 3.36. The lowest BCUT2D eigenvalue weighted by atomic mass is 10.0. The first kappa shape index (κ1) is 18.5. The molecule has 1 aromatic rings. The Bertz CT molecular complexity index is 398. The number of rotatable bonds is 10. The molecule has 2 unspecified atom stereocenters. The standard InChI is InChI=1S/C17H28BrNO2/c1-13(2)6-4-7-14(3)19-11-16(20)12-21-17-9-5-8-15(18)10-17/h5,8-10,13-14,16,19-20H,4,6-7,11-12H2,1-3H3. The van der Waals surface area contributed by atoms with Crippen molar-refractivity contribution in [1.29, 1.82) is 0 Å². The molecule has 1 aromatic carbocycles. The fourth-order valence-electron chi connectivity index (χ4n) is 2.08. The Morgan fingerprint density at radius 2 is 2.00 bits per heavy atom. The zero-order valence-electron chi connectivity index (χ0n) is 13.3. The monoisotopic (exact) mass is 357 g/mol. The topological polar surface area (TPSA) is 41.5 Å². The molecule has 0 aliphatic rings. The summed E-state index contributed by atoms with van der Waals surface area (Å²) in [4.78, 5) is 0. The van der Waals surface area contributed by atoms with E-state index in [1.54, 1.807) is 0 Å². The average molecular weight is 358 g/mol. The summed E-state index contributed by atoms with van der Waals surface area (Å²) in [5.41, 5.74) is 0. The van der Waals surface area contributed by atoms with Crippen molar-refractivity contribution >= 4 is 15.9 Å². The van der Waals surface area contributed by atoms with Crippen LogP contribution in [-0.2, 0) is 0 Å². The van der Waals surface area contributed by atoms with E-state index in [2.05, 4.69) is 42.0 Å². The third-order valence-corrected chi connectivity index (χ3v) is 3.85. The van der Waals surface area contributed by atoms with E-state index < -0.39 is 6.10 Å². The van der Waals surface area contributed by atoms with Crippen molar-refractivity contribution < 1.29 is 9.84 Å². The van der Waals surface area contributed by atoms with Gasteiger partial charge in [0.2, 0.25) is 0 Å². The van der Waals surface area contributed by atoms with Crippen LogP contribution in [0.3, 0.4) is 0 Å². The quantitative estimate of drug-likeness (QED) is 0.664. The van der Waals surface area contributed by atoms with Gasteiger partial charge in [-0.2, -0.15) is 0 Å². The van der Waals surface area contributed by atoms with Gasteiger partial charge in [-0.1, -0.05) is 48.7 Å². The predicted molar refractivity (Wildman–Crippen MR) is 91.8 cm³/mol. The molecule has 1 rings (SSSR count). The van der Waals surface area contributed by atoms with Gasteiger partial charge in [-0.25, -0.2) is 0 Å². The summed E-state index contributed by atoms with van der Waals surface area (Å²) >= 11 is 3.40. The lowest BCUT2D eigenvalue weighted by Gasteiger charge is -2.18. The Hall–Kier alpha value is -0.580. The Labute approximate surface area is 137 Å². The van der Waals surface area contributed by atoms with Crippen LogP contribution in [0.2, 0.25) is 0 Å². The molecule has 0 aliphatic carbocycles. The number of benzene rings is 1. The SMILES string of the molecule is CC(C)CCCC(C)NCC(O)COc1cccc(Br)c1. The van der Waals surface area contributed by atoms with Crippen LogP contribution < -0.4 is 10.1 Å². The third kappa shape index (κ3) is 9.12. The first-order chi connectivity index (χ1) is 9.97. The van der Waals surface area contributed by atoms with E-state index >= 15 is 0 Å². The highest BCUT2D eigenvalue weighted by atomic mass is 79.9. The molecule has 2 N–H and O–H groups in total. The Morgan fingerprint density at radius 3 is 2.67 bits per heavy atom. The van der Waals surface area contributed by atoms with Crippen LogP contribution in [0.1, 0.15) is 40.0 Å². The Morgan fingerprint density at radius 1 is 1.24 bits per heavy atom. The second-order valence-corrected chi connectivity index (χ2v) is 6.97. The highest BCUT2D eigenvalue weighted by Crippen LogP contribution is 2.17. The molecule has 0 saturated heterocycles. The van der Waals surface area contributed by atoms with Crippen LogP contribution in [-0.4, -0.2) is 30.4 Å². The molecule has 0 bridgehead atoms. The molecule has 3 nitrogen and oxygen atoms in total. The molecule has 0 radical (unpaired) electrons. The van der Waals surface area contributed by atoms with Gasteiger partial charge in [0, 0.05) is 17.1 Å². The van der Waals surface area contributed by atoms with E-state index in [0.29, 0.717) is 19.2 Å². The zero-order valence-corrected chi connectivity index (χ0v) is 14.9. The zero-order chi connectivity index (χ0) is 15.7. The highest BCUT2D eigenvalue weighted by molar-refractivity contribution is 9.10. The van der Waals surface area contributed by atoms with Crippen molar-refractivity contribution in [3.8, 4) is 5.75 Å². The van der Waals surface area contributed by atoms with E-state index in [4.69, 9.17) is 4.74 Å². The van der Waals surface area contributed by atoms with Gasteiger partial charge in [0.1, 0.15) is 18.5 Å². The predicted octanol–water partition coefficient (Wildman–Crippen LogP) is 3.99. The fraction of sp³-hybridized carbons (Fsp3) is 0.647. The molecule has 0 spiro atoms. The Balaban J connectivity index is 2.14. The van der Waals surface area contributed by atoms with E-state index in [-0.39, 0.29) is 0 Å². The summed E-state index contributed by atoms with van der Waals surface area (Å²) in [6, 6.07) is 8.09. The first-order valence-electron chi connectivity index (χ1n) is 7.77. The molecule has 0 aliphatic heterocycles. The van der Waals surface area contributed by atoms with Crippen LogP contribution >= 0.6 is 15.9 Å². The summed E-state index contributed by atoms with van der Waals surface area (Å²) in [6.45, 7) is 7.55. The smallest absolute Gasteiger partial charge is 0.120 e. The molecule has 120 valence electrons. The van der Waals surface area contributed by atoms with E-state index in [1.807, 2.05) is 24.3 Å². The summed E-state index contributed by atoms with van der Waals surface area (Å²) < 4.78 is 6.55. The number of ether oxygens (including phenoxy) is 1. The second kappa shape index (κ2) is 10.2. The molecular formula is C17H28BrNO2. The number of hydrogen-bond acceptors (Lipinski definition) is 3. The van der Waals surface area contributed by atoms with Crippen LogP contribution in [0.15, 0.2) is 28.7 Å². The number of nitrogens with one attached hydrogen (secondary N) is 1. The molecule has 0 fully saturated rings. The van der Waals surface area contributed by atoms with Crippen LogP contribution in [0, 0.1) is 5.92 Å². The summed E-state index contributed by atoms with van der Waals surface area (Å²) in [6.07, 6.45) is 3.16. The van der Waals surface area contributed by atoms with Crippen molar-refractivity contribution in [3.05, 3.63) is 28.7 Å². The number of halogens is 1. The molecular weight excluding hydrogens is 330 g/mol. The average Bonchev–Trinajstić information content (AvgIpc) is 2.42. The Kier molecular flexibility index (Phi) is 8.97. The van der Waals surface area contributed by atoms with Gasteiger partial charge in [0.05, 0.1) is 0 Å². The minimum absolute atomic E-state index is 0.308. The normalized spacial score (nSPS) is 14.2. The fourth-order valence-corrected chi connectivity index (χ4v) is 2.46. The number of hydrogen-bond donors (Lipinski definition) is 2. The molecule has 21 heavy (non-hydrogen) atoms. The van der Waals surface area contributed by atoms with Gasteiger partial charge in [-0.15, -0.1) is 0 Å². The van der Waals surface area contributed by atoms with Gasteiger partial charge in [0.15, 0.2) is 0 Å². The van der Waals surface area contributed by atoms with Crippen LogP contribution in [0.4, 0.5) is 0 Å². The van der Waals surface area contributed by atoms with Crippen molar-refractivity contribution in [2.24, 2.45) is 5.92 Å². The molecule has 0 aromatic heterocycles. The van der Waals surface area contributed by atoms with Crippen molar-refractivity contribution in [2.45, 2.75) is 52.2 Å². The van der Waals surface area contributed by atoms with Gasteiger partial charge < -0.3 is 15.2 Å². The summed E-state index contributed by atoms with van der Waals surface area (Å²) in [7, 11) is 0. The van der Waals surface area contributed by atoms with Crippen LogP contribution in [0.25, 0.3) is 0 Å². The van der Waals surface area contributed by atoms with Gasteiger partial charge >= 0.3 is 0 Å². The maximum Gasteiger partial charge on any atom is 0.120 e. The molecule has 4 heteroatoms. The lowest BCUT2D eigenvalue weighted by molar-refractivity contribution is 0.103. The molecule has 2 atom stereocenters. The van der Waals surface area contributed by atoms with Crippen molar-refractivity contribution in [1.82, 2.24) is 5.32 Å². The van der Waals surface area contributed by atoms with Gasteiger partial charge in [0.25, 0.3) is 0 Å². The first-order valence-corrected chi connectivity index (χ1v) is 8.56. The number of aliphatic hydroxyl groups excluding tert-OH is 1. The maximum absolute atomic E-state index is 9.94. The van der Waals surface area contributed by atoms with E-state index in [1.165, 1.54) is 12.8 Å². The molecule has 0 heterocycles. The van der Waals surface area contributed by atoms with E-state index in [0.717, 1.165) is 22.6 Å². The van der Waals surface area contributed by atoms with Crippen LogP contribution in [0.5, 0.6) is 5.75 Å². The highest BCUT2D eigenvalue weighted by Gasteiger charge is 2.08. The van der Waals surface area contributed by atoms with Crippen molar-refractivity contribution in [2.75, 3.05) is 13.2 Å². The lowest BCUT2D eigenvalue weighted by Crippen LogP contribution is -2.36. The molecule has 0 amide bonds. The van der Waals surface area contributed by atoms with E-state index in [9.17, 15) is 5.11 Å². The maximum atomic E-state index is 9.94. The van der Waals surface area contributed by atoms with Gasteiger partial charge in [-0.3, -0.25) is 0 Å². The summed E-state index contributed by atoms with van der Waals surface area (Å²) in [5.74, 6) is 1.54. The second-order valence-electron chi connectivity index (χ2n) is 6.06. The number of aliphatic hydroxyl groups is 1. The minimum Gasteiger partial charge on any atom is -0.491 e. The minimum atomic E-state index is -0.489. The largest absolute Gasteiger partial charge is 0.491 e. The summed E-state index contributed by atoms with van der Waals surface area (Å²) in [5, 5.41) is 13.3. The molecule has 0 saturated carbocycles. The van der Waals surface area contributed by atoms with Crippen molar-refractivity contribution in [3.63, 3.8) is 0 Å². The van der Waals surface area contributed by atoms with Gasteiger partial charge in [-0.05, 0) is 37.5 Å².